The SMILES string of the molecule is CNC(c1c(Br)cnn1C)C1(C)CCCCO1. The van der Waals surface area contributed by atoms with Crippen LogP contribution in [0.5, 0.6) is 0 Å². The molecule has 0 aromatic carbocycles. The van der Waals surface area contributed by atoms with Gasteiger partial charge in [0.05, 0.1) is 28.0 Å². The number of likely N-dealkylation sites (N-methyl/N-ethyl adjacent to an activating group) is 1. The predicted octanol–water partition coefficient (Wildman–Crippen LogP) is 2.40. The molecule has 1 N–H and O–H groups in total. The Bertz CT molecular complexity index is 366. The Hall–Kier alpha value is -0.390. The second kappa shape index (κ2) is 5.08. The summed E-state index contributed by atoms with van der Waals surface area (Å²) >= 11 is 3.57. The second-order valence-corrected chi connectivity index (χ2v) is 5.70. The first-order valence-electron chi connectivity index (χ1n) is 6.07. The van der Waals surface area contributed by atoms with Crippen molar-refractivity contribution in [2.45, 2.75) is 37.8 Å². The van der Waals surface area contributed by atoms with E-state index in [1.54, 1.807) is 0 Å². The highest BCUT2D eigenvalue weighted by atomic mass is 79.9. The first-order chi connectivity index (χ1) is 8.08. The fraction of sp³-hybridized carbons (Fsp3) is 0.750. The smallest absolute Gasteiger partial charge is 0.0863 e. The molecule has 96 valence electrons. The maximum Gasteiger partial charge on any atom is 0.0863 e. The van der Waals surface area contributed by atoms with Gasteiger partial charge in [0.25, 0.3) is 0 Å². The van der Waals surface area contributed by atoms with E-state index in [4.69, 9.17) is 4.74 Å². The second-order valence-electron chi connectivity index (χ2n) is 4.84. The van der Waals surface area contributed by atoms with Gasteiger partial charge in [-0.15, -0.1) is 0 Å². The Balaban J connectivity index is 2.32. The van der Waals surface area contributed by atoms with Crippen LogP contribution in [0.3, 0.4) is 0 Å². The summed E-state index contributed by atoms with van der Waals surface area (Å²) in [5.41, 5.74) is 1.00. The minimum Gasteiger partial charge on any atom is -0.373 e. The van der Waals surface area contributed by atoms with Crippen molar-refractivity contribution in [1.29, 1.82) is 0 Å². The largest absolute Gasteiger partial charge is 0.373 e. The van der Waals surface area contributed by atoms with Crippen molar-refractivity contribution < 1.29 is 4.74 Å². The summed E-state index contributed by atoms with van der Waals surface area (Å²) in [6.45, 7) is 3.04. The number of rotatable bonds is 3. The zero-order valence-corrected chi connectivity index (χ0v) is 12.2. The molecule has 1 aromatic rings. The van der Waals surface area contributed by atoms with E-state index in [1.165, 1.54) is 12.8 Å². The summed E-state index contributed by atoms with van der Waals surface area (Å²) in [4.78, 5) is 0. The number of aryl methyl sites for hydroxylation is 1. The number of halogens is 1. The first kappa shape index (κ1) is 13.1. The molecule has 2 heterocycles. The van der Waals surface area contributed by atoms with Crippen molar-refractivity contribution in [3.63, 3.8) is 0 Å². The minimum atomic E-state index is -0.149. The third kappa shape index (κ3) is 2.41. The van der Waals surface area contributed by atoms with E-state index in [-0.39, 0.29) is 11.6 Å². The molecule has 2 atom stereocenters. The summed E-state index contributed by atoms with van der Waals surface area (Å²) in [5.74, 6) is 0. The van der Waals surface area contributed by atoms with Crippen LogP contribution < -0.4 is 5.32 Å². The van der Waals surface area contributed by atoms with Crippen LogP contribution in [-0.2, 0) is 11.8 Å². The molecule has 0 bridgehead atoms. The van der Waals surface area contributed by atoms with Gasteiger partial charge in [-0.3, -0.25) is 4.68 Å². The van der Waals surface area contributed by atoms with Gasteiger partial charge in [0, 0.05) is 13.7 Å². The number of hydrogen-bond donors (Lipinski definition) is 1. The Morgan fingerprint density at radius 2 is 2.35 bits per heavy atom. The lowest BCUT2D eigenvalue weighted by Gasteiger charge is -2.40. The van der Waals surface area contributed by atoms with Gasteiger partial charge in [-0.1, -0.05) is 0 Å². The van der Waals surface area contributed by atoms with Crippen LogP contribution in [-0.4, -0.2) is 29.0 Å². The van der Waals surface area contributed by atoms with Crippen molar-refractivity contribution in [3.8, 4) is 0 Å². The van der Waals surface area contributed by atoms with Crippen molar-refractivity contribution >= 4 is 15.9 Å². The predicted molar refractivity (Wildman–Crippen MR) is 70.9 cm³/mol. The van der Waals surface area contributed by atoms with Crippen molar-refractivity contribution in [2.75, 3.05) is 13.7 Å². The van der Waals surface area contributed by atoms with E-state index in [0.29, 0.717) is 0 Å². The van der Waals surface area contributed by atoms with E-state index in [1.807, 2.05) is 25.0 Å². The minimum absolute atomic E-state index is 0.149. The van der Waals surface area contributed by atoms with Crippen LogP contribution in [0.1, 0.15) is 37.9 Å². The van der Waals surface area contributed by atoms with E-state index in [0.717, 1.165) is 23.2 Å². The van der Waals surface area contributed by atoms with Crippen molar-refractivity contribution in [1.82, 2.24) is 15.1 Å². The molecule has 1 saturated heterocycles. The van der Waals surface area contributed by atoms with Crippen LogP contribution in [0.15, 0.2) is 10.7 Å². The maximum atomic E-state index is 6.03. The van der Waals surface area contributed by atoms with Gasteiger partial charge in [-0.2, -0.15) is 5.10 Å². The maximum absolute atomic E-state index is 6.03. The topological polar surface area (TPSA) is 39.1 Å². The van der Waals surface area contributed by atoms with Crippen LogP contribution in [0.2, 0.25) is 0 Å². The van der Waals surface area contributed by atoms with E-state index < -0.39 is 0 Å². The molecule has 17 heavy (non-hydrogen) atoms. The first-order valence-corrected chi connectivity index (χ1v) is 6.86. The van der Waals surface area contributed by atoms with Crippen LogP contribution in [0, 0.1) is 0 Å². The molecular weight excluding hydrogens is 282 g/mol. The highest BCUT2D eigenvalue weighted by molar-refractivity contribution is 9.10. The van der Waals surface area contributed by atoms with Crippen molar-refractivity contribution in [2.24, 2.45) is 7.05 Å². The highest BCUT2D eigenvalue weighted by Gasteiger charge is 2.39. The third-order valence-electron chi connectivity index (χ3n) is 3.61. The number of hydrogen-bond acceptors (Lipinski definition) is 3. The Morgan fingerprint density at radius 1 is 1.59 bits per heavy atom. The molecule has 0 aliphatic carbocycles. The quantitative estimate of drug-likeness (QED) is 0.932. The molecule has 2 unspecified atom stereocenters. The average Bonchev–Trinajstić information content (AvgIpc) is 2.63. The zero-order valence-electron chi connectivity index (χ0n) is 10.7. The Kier molecular flexibility index (Phi) is 3.90. The van der Waals surface area contributed by atoms with Crippen molar-refractivity contribution in [3.05, 3.63) is 16.4 Å². The third-order valence-corrected chi connectivity index (χ3v) is 4.22. The number of aromatic nitrogens is 2. The molecule has 4 nitrogen and oxygen atoms in total. The lowest BCUT2D eigenvalue weighted by Crippen LogP contribution is -2.45. The molecule has 1 aromatic heterocycles. The summed E-state index contributed by atoms with van der Waals surface area (Å²) in [6.07, 6.45) is 5.31. The zero-order chi connectivity index (χ0) is 12.5. The lowest BCUT2D eigenvalue weighted by molar-refractivity contribution is -0.0900. The monoisotopic (exact) mass is 301 g/mol. The summed E-state index contributed by atoms with van der Waals surface area (Å²) < 4.78 is 8.98. The number of ether oxygens (including phenoxy) is 1. The van der Waals surface area contributed by atoms with Crippen LogP contribution in [0.25, 0.3) is 0 Å². The molecule has 2 rings (SSSR count). The molecule has 1 aliphatic rings. The molecule has 0 radical (unpaired) electrons. The average molecular weight is 302 g/mol. The van der Waals surface area contributed by atoms with E-state index in [2.05, 4.69) is 33.3 Å². The van der Waals surface area contributed by atoms with E-state index in [9.17, 15) is 0 Å². The molecule has 5 heteroatoms. The molecule has 0 amide bonds. The molecule has 0 spiro atoms. The molecule has 1 aliphatic heterocycles. The van der Waals surface area contributed by atoms with Gasteiger partial charge in [-0.05, 0) is 49.2 Å². The van der Waals surface area contributed by atoms with Gasteiger partial charge in [0.1, 0.15) is 0 Å². The highest BCUT2D eigenvalue weighted by Crippen LogP contribution is 2.38. The molecule has 1 fully saturated rings. The standard InChI is InChI=1S/C12H20BrN3O/c1-12(6-4-5-7-17-12)11(14-2)10-9(13)8-15-16(10)3/h8,11,14H,4-7H2,1-3H3. The van der Waals surface area contributed by atoms with Crippen LogP contribution in [0.4, 0.5) is 0 Å². The summed E-state index contributed by atoms with van der Waals surface area (Å²) in [6, 6.07) is 0.157. The Morgan fingerprint density at radius 3 is 2.82 bits per heavy atom. The lowest BCUT2D eigenvalue weighted by atomic mass is 9.86. The molecule has 0 saturated carbocycles. The fourth-order valence-corrected chi connectivity index (χ4v) is 3.24. The van der Waals surface area contributed by atoms with Gasteiger partial charge in [0.15, 0.2) is 0 Å². The van der Waals surface area contributed by atoms with Gasteiger partial charge < -0.3 is 10.1 Å². The fourth-order valence-electron chi connectivity index (χ4n) is 2.66. The normalized spacial score (nSPS) is 27.1. The summed E-state index contributed by atoms with van der Waals surface area (Å²) in [7, 11) is 3.95. The van der Waals surface area contributed by atoms with Gasteiger partial charge >= 0.3 is 0 Å². The van der Waals surface area contributed by atoms with E-state index >= 15 is 0 Å². The van der Waals surface area contributed by atoms with Gasteiger partial charge in [0.2, 0.25) is 0 Å². The molecular formula is C12H20BrN3O. The Labute approximate surface area is 111 Å². The summed E-state index contributed by atoms with van der Waals surface area (Å²) in [5, 5.41) is 7.67. The van der Waals surface area contributed by atoms with Gasteiger partial charge in [-0.25, -0.2) is 0 Å². The van der Waals surface area contributed by atoms with Crippen LogP contribution >= 0.6 is 15.9 Å². The number of nitrogens with one attached hydrogen (secondary N) is 1. The number of nitrogens with zero attached hydrogens (tertiary/aromatic N) is 2.